The molecule has 116 valence electrons. The van der Waals surface area contributed by atoms with E-state index in [9.17, 15) is 0 Å². The van der Waals surface area contributed by atoms with Gasteiger partial charge in [-0.25, -0.2) is 0 Å². The second-order valence-corrected chi connectivity index (χ2v) is 2.08. The summed E-state index contributed by atoms with van der Waals surface area (Å²) in [5.74, 6) is -3.33. The Bertz CT molecular complexity index is 165. The number of hydrogen-bond donors (Lipinski definition) is 4. The van der Waals surface area contributed by atoms with E-state index in [1.807, 2.05) is 0 Å². The summed E-state index contributed by atoms with van der Waals surface area (Å²) in [6, 6.07) is 0. The van der Waals surface area contributed by atoms with Crippen LogP contribution in [0, 0.1) is 0 Å². The molecule has 0 atom stereocenters. The molecule has 0 amide bonds. The number of rotatable bonds is 0. The van der Waals surface area contributed by atoms with Crippen LogP contribution in [0.3, 0.4) is 0 Å². The molecule has 4 N–H and O–H groups in total. The van der Waals surface area contributed by atoms with Gasteiger partial charge in [-0.2, -0.15) is 0 Å². The molecule has 0 aliphatic heterocycles. The van der Waals surface area contributed by atoms with Gasteiger partial charge in [0, 0.05) is 60.7 Å². The van der Waals surface area contributed by atoms with Crippen molar-refractivity contribution in [3.63, 3.8) is 0 Å². The molecular formula is C8H16Ni2O8. The first-order chi connectivity index (χ1) is 6.93. The van der Waals surface area contributed by atoms with Gasteiger partial charge in [-0.05, 0) is 0 Å². The third kappa shape index (κ3) is 2230. The molecule has 0 radical (unpaired) electrons. The zero-order chi connectivity index (χ0) is 14.3. The summed E-state index contributed by atoms with van der Waals surface area (Å²) in [5.41, 5.74) is 0. The van der Waals surface area contributed by atoms with Gasteiger partial charge in [-0.15, -0.1) is 0 Å². The van der Waals surface area contributed by atoms with E-state index in [4.69, 9.17) is 39.6 Å². The molecule has 8 nitrogen and oxygen atoms in total. The van der Waals surface area contributed by atoms with Crippen LogP contribution in [0.2, 0.25) is 0 Å². The van der Waals surface area contributed by atoms with Crippen molar-refractivity contribution in [2.24, 2.45) is 0 Å². The van der Waals surface area contributed by atoms with E-state index in [0.717, 1.165) is 27.7 Å². The van der Waals surface area contributed by atoms with Crippen LogP contribution in [0.1, 0.15) is 27.7 Å². The average Bonchev–Trinajstić information content (AvgIpc) is 1.76. The molecule has 0 aromatic carbocycles. The molecule has 0 saturated heterocycles. The van der Waals surface area contributed by atoms with Crippen molar-refractivity contribution in [1.82, 2.24) is 0 Å². The molecule has 0 saturated carbocycles. The second-order valence-electron chi connectivity index (χ2n) is 2.08. The Morgan fingerprint density at radius 1 is 0.500 bits per heavy atom. The van der Waals surface area contributed by atoms with Gasteiger partial charge in [0.05, 0.1) is 0 Å². The predicted molar refractivity (Wildman–Crippen MR) is 53.2 cm³/mol. The number of hydrogen-bond acceptors (Lipinski definition) is 4. The first-order valence-corrected chi connectivity index (χ1v) is 3.71. The van der Waals surface area contributed by atoms with Gasteiger partial charge < -0.3 is 20.4 Å². The maximum Gasteiger partial charge on any atom is 0.300 e. The van der Waals surface area contributed by atoms with Crippen molar-refractivity contribution in [3.8, 4) is 0 Å². The number of carboxylic acid groups (broad SMARTS) is 4. The van der Waals surface area contributed by atoms with Crippen LogP contribution < -0.4 is 0 Å². The summed E-state index contributed by atoms with van der Waals surface area (Å²) in [4.78, 5) is 36.0. The molecule has 0 rings (SSSR count). The van der Waals surface area contributed by atoms with Crippen molar-refractivity contribution in [3.05, 3.63) is 0 Å². The maximum atomic E-state index is 9.00. The Labute approximate surface area is 124 Å². The molecule has 0 aliphatic rings. The molecule has 0 aliphatic carbocycles. The summed E-state index contributed by atoms with van der Waals surface area (Å²) in [7, 11) is 0. The van der Waals surface area contributed by atoms with Crippen LogP contribution in [0.25, 0.3) is 0 Å². The predicted octanol–water partition coefficient (Wildman–Crippen LogP) is 0.359. The third-order valence-corrected chi connectivity index (χ3v) is 0. The monoisotopic (exact) mass is 356 g/mol. The van der Waals surface area contributed by atoms with Crippen LogP contribution in [0.5, 0.6) is 0 Å². The summed E-state index contributed by atoms with van der Waals surface area (Å²) >= 11 is 0. The Morgan fingerprint density at radius 2 is 0.500 bits per heavy atom. The fourth-order valence-electron chi connectivity index (χ4n) is 0. The van der Waals surface area contributed by atoms with Crippen LogP contribution in [-0.2, 0) is 52.2 Å². The minimum atomic E-state index is -0.833. The molecule has 0 spiro atoms. The molecule has 0 bridgehead atoms. The topological polar surface area (TPSA) is 149 Å². The van der Waals surface area contributed by atoms with Crippen molar-refractivity contribution < 1.29 is 72.6 Å². The quantitative estimate of drug-likeness (QED) is 0.454. The van der Waals surface area contributed by atoms with Crippen LogP contribution in [0.15, 0.2) is 0 Å². The van der Waals surface area contributed by atoms with Crippen LogP contribution in [0.4, 0.5) is 0 Å². The maximum absolute atomic E-state index is 9.00. The Hall–Kier alpha value is -1.13. The van der Waals surface area contributed by atoms with Crippen molar-refractivity contribution in [2.75, 3.05) is 0 Å². The van der Waals surface area contributed by atoms with E-state index in [0.29, 0.717) is 0 Å². The number of carboxylic acids is 4. The SMILES string of the molecule is CC(=O)O.CC(=O)O.CC(=O)O.CC(=O)O.[Ni].[Ni]. The van der Waals surface area contributed by atoms with E-state index < -0.39 is 23.9 Å². The van der Waals surface area contributed by atoms with Gasteiger partial charge in [0.15, 0.2) is 0 Å². The minimum absolute atomic E-state index is 0. The molecule has 18 heavy (non-hydrogen) atoms. The fourth-order valence-corrected chi connectivity index (χ4v) is 0. The zero-order valence-electron chi connectivity index (χ0n) is 10.1. The Morgan fingerprint density at radius 3 is 0.500 bits per heavy atom. The van der Waals surface area contributed by atoms with Crippen molar-refractivity contribution in [1.29, 1.82) is 0 Å². The normalized spacial score (nSPS) is 5.56. The van der Waals surface area contributed by atoms with Gasteiger partial charge in [0.2, 0.25) is 0 Å². The molecule has 0 unspecified atom stereocenters. The average molecular weight is 358 g/mol. The molecule has 0 aromatic rings. The summed E-state index contributed by atoms with van der Waals surface area (Å²) < 4.78 is 0. The first-order valence-electron chi connectivity index (χ1n) is 3.71. The van der Waals surface area contributed by atoms with Gasteiger partial charge in [-0.1, -0.05) is 0 Å². The summed E-state index contributed by atoms with van der Waals surface area (Å²) in [5, 5.41) is 29.7. The van der Waals surface area contributed by atoms with Crippen molar-refractivity contribution in [2.45, 2.75) is 27.7 Å². The largest absolute Gasteiger partial charge is 0.481 e. The minimum Gasteiger partial charge on any atom is -0.481 e. The standard InChI is InChI=1S/4C2H4O2.2Ni/c4*1-2(3)4;;/h4*1H3,(H,3,4);;. The first kappa shape index (κ1) is 36.0. The fraction of sp³-hybridized carbons (Fsp3) is 0.500. The van der Waals surface area contributed by atoms with Gasteiger partial charge >= 0.3 is 0 Å². The van der Waals surface area contributed by atoms with Gasteiger partial charge in [0.1, 0.15) is 0 Å². The van der Waals surface area contributed by atoms with E-state index >= 15 is 0 Å². The smallest absolute Gasteiger partial charge is 0.300 e. The third-order valence-electron chi connectivity index (χ3n) is 0. The van der Waals surface area contributed by atoms with Crippen LogP contribution in [-0.4, -0.2) is 44.3 Å². The zero-order valence-corrected chi connectivity index (χ0v) is 12.0. The molecule has 0 heterocycles. The molecule has 0 aromatic heterocycles. The molecule has 10 heteroatoms. The van der Waals surface area contributed by atoms with Crippen LogP contribution >= 0.6 is 0 Å². The van der Waals surface area contributed by atoms with Crippen molar-refractivity contribution >= 4 is 23.9 Å². The van der Waals surface area contributed by atoms with E-state index in [1.54, 1.807) is 0 Å². The summed E-state index contributed by atoms with van der Waals surface area (Å²) in [6.07, 6.45) is 0. The Balaban J connectivity index is -0.0000000257. The molecule has 0 fully saturated rings. The Kier molecular flexibility index (Phi) is 59.3. The van der Waals surface area contributed by atoms with Gasteiger partial charge in [0.25, 0.3) is 23.9 Å². The van der Waals surface area contributed by atoms with Gasteiger partial charge in [-0.3, -0.25) is 19.2 Å². The van der Waals surface area contributed by atoms with E-state index in [-0.39, 0.29) is 33.0 Å². The number of aliphatic carboxylic acids is 4. The molecular weight excluding hydrogens is 341 g/mol. The second kappa shape index (κ2) is 29.7. The van der Waals surface area contributed by atoms with E-state index in [2.05, 4.69) is 0 Å². The number of carbonyl (C=O) groups is 4. The van der Waals surface area contributed by atoms with E-state index in [1.165, 1.54) is 0 Å². The summed E-state index contributed by atoms with van der Waals surface area (Å²) in [6.45, 7) is 4.33.